The van der Waals surface area contributed by atoms with Crippen molar-refractivity contribution in [3.05, 3.63) is 34.9 Å². The molecule has 1 fully saturated rings. The van der Waals surface area contributed by atoms with Crippen molar-refractivity contribution in [2.24, 2.45) is 5.92 Å². The van der Waals surface area contributed by atoms with Gasteiger partial charge in [-0.25, -0.2) is 0 Å². The fourth-order valence-electron chi connectivity index (χ4n) is 2.69. The molecular formula is C17H27ClN2. The molecule has 1 aromatic rings. The van der Waals surface area contributed by atoms with Gasteiger partial charge >= 0.3 is 0 Å². The topological polar surface area (TPSA) is 15.3 Å². The molecule has 0 bridgehead atoms. The van der Waals surface area contributed by atoms with Crippen LogP contribution in [0.3, 0.4) is 0 Å². The van der Waals surface area contributed by atoms with Gasteiger partial charge in [0.2, 0.25) is 0 Å². The van der Waals surface area contributed by atoms with Crippen molar-refractivity contribution in [3.63, 3.8) is 0 Å². The van der Waals surface area contributed by atoms with E-state index in [1.54, 1.807) is 0 Å². The first-order valence-corrected chi connectivity index (χ1v) is 8.14. The first kappa shape index (κ1) is 15.8. The SMILES string of the molecule is CNC(CCN(CC1CC1)C(C)C)c1cccc(Cl)c1. The zero-order valence-corrected chi connectivity index (χ0v) is 13.7. The molecule has 2 nitrogen and oxygen atoms in total. The van der Waals surface area contributed by atoms with Crippen molar-refractivity contribution in [3.8, 4) is 0 Å². The van der Waals surface area contributed by atoms with E-state index in [2.05, 4.69) is 36.2 Å². The molecule has 2 rings (SSSR count). The molecule has 0 radical (unpaired) electrons. The maximum atomic E-state index is 6.10. The van der Waals surface area contributed by atoms with Gasteiger partial charge in [0, 0.05) is 30.2 Å². The van der Waals surface area contributed by atoms with E-state index >= 15 is 0 Å². The summed E-state index contributed by atoms with van der Waals surface area (Å²) in [6.07, 6.45) is 3.97. The minimum Gasteiger partial charge on any atom is -0.313 e. The average Bonchev–Trinajstić information content (AvgIpc) is 3.22. The quantitative estimate of drug-likeness (QED) is 0.776. The number of nitrogens with one attached hydrogen (secondary N) is 1. The lowest BCUT2D eigenvalue weighted by molar-refractivity contribution is 0.202. The van der Waals surface area contributed by atoms with Gasteiger partial charge in [0.1, 0.15) is 0 Å². The molecule has 0 aliphatic heterocycles. The molecule has 3 heteroatoms. The van der Waals surface area contributed by atoms with Crippen molar-refractivity contribution in [2.75, 3.05) is 20.1 Å². The van der Waals surface area contributed by atoms with E-state index in [4.69, 9.17) is 11.6 Å². The second kappa shape index (κ2) is 7.44. The molecule has 0 spiro atoms. The van der Waals surface area contributed by atoms with Gasteiger partial charge in [-0.2, -0.15) is 0 Å². The van der Waals surface area contributed by atoms with Crippen LogP contribution in [0, 0.1) is 5.92 Å². The molecule has 20 heavy (non-hydrogen) atoms. The summed E-state index contributed by atoms with van der Waals surface area (Å²) in [4.78, 5) is 2.62. The fraction of sp³-hybridized carbons (Fsp3) is 0.647. The van der Waals surface area contributed by atoms with Crippen molar-refractivity contribution in [1.82, 2.24) is 10.2 Å². The van der Waals surface area contributed by atoms with Crippen LogP contribution in [0.4, 0.5) is 0 Å². The number of rotatable bonds is 8. The Kier molecular flexibility index (Phi) is 5.88. The Morgan fingerprint density at radius 3 is 2.65 bits per heavy atom. The monoisotopic (exact) mass is 294 g/mol. The predicted molar refractivity (Wildman–Crippen MR) is 87.3 cm³/mol. The standard InChI is InChI=1S/C17H27ClN2/c1-13(2)20(12-14-7-8-14)10-9-17(19-3)15-5-4-6-16(18)11-15/h4-6,11,13-14,17,19H,7-10,12H2,1-3H3. The summed E-state index contributed by atoms with van der Waals surface area (Å²) in [5.41, 5.74) is 1.29. The summed E-state index contributed by atoms with van der Waals surface area (Å²) >= 11 is 6.10. The van der Waals surface area contributed by atoms with E-state index in [0.717, 1.165) is 23.9 Å². The summed E-state index contributed by atoms with van der Waals surface area (Å²) in [7, 11) is 2.03. The highest BCUT2D eigenvalue weighted by Gasteiger charge is 2.25. The highest BCUT2D eigenvalue weighted by Crippen LogP contribution is 2.30. The Hall–Kier alpha value is -0.570. The van der Waals surface area contributed by atoms with Crippen molar-refractivity contribution >= 4 is 11.6 Å². The normalized spacial score (nSPS) is 16.9. The van der Waals surface area contributed by atoms with Crippen LogP contribution in [0.5, 0.6) is 0 Å². The Morgan fingerprint density at radius 2 is 2.10 bits per heavy atom. The zero-order valence-electron chi connectivity index (χ0n) is 12.9. The highest BCUT2D eigenvalue weighted by molar-refractivity contribution is 6.30. The van der Waals surface area contributed by atoms with Crippen LogP contribution in [0.1, 0.15) is 44.7 Å². The fourth-order valence-corrected chi connectivity index (χ4v) is 2.89. The van der Waals surface area contributed by atoms with Crippen LogP contribution < -0.4 is 5.32 Å². The number of benzene rings is 1. The third-order valence-corrected chi connectivity index (χ3v) is 4.46. The molecule has 1 unspecified atom stereocenters. The van der Waals surface area contributed by atoms with Crippen molar-refractivity contribution in [2.45, 2.75) is 45.2 Å². The van der Waals surface area contributed by atoms with E-state index in [0.29, 0.717) is 12.1 Å². The van der Waals surface area contributed by atoms with E-state index < -0.39 is 0 Å². The maximum Gasteiger partial charge on any atom is 0.0409 e. The molecule has 0 amide bonds. The second-order valence-corrected chi connectivity index (χ2v) is 6.65. The van der Waals surface area contributed by atoms with Crippen molar-refractivity contribution < 1.29 is 0 Å². The minimum absolute atomic E-state index is 0.383. The van der Waals surface area contributed by atoms with Gasteiger partial charge in [0.25, 0.3) is 0 Å². The number of halogens is 1. The Balaban J connectivity index is 1.91. The summed E-state index contributed by atoms with van der Waals surface area (Å²) in [5, 5.41) is 4.24. The molecule has 1 aliphatic rings. The van der Waals surface area contributed by atoms with E-state index in [-0.39, 0.29) is 0 Å². The Labute approximate surface area is 128 Å². The molecule has 0 heterocycles. The van der Waals surface area contributed by atoms with Gasteiger partial charge in [0.15, 0.2) is 0 Å². The molecular weight excluding hydrogens is 268 g/mol. The van der Waals surface area contributed by atoms with Crippen LogP contribution in [0.25, 0.3) is 0 Å². The van der Waals surface area contributed by atoms with Gasteiger partial charge in [-0.05, 0) is 63.8 Å². The second-order valence-electron chi connectivity index (χ2n) is 6.22. The molecule has 1 saturated carbocycles. The molecule has 0 saturated heterocycles. The maximum absolute atomic E-state index is 6.10. The molecule has 0 aromatic heterocycles. The van der Waals surface area contributed by atoms with Crippen LogP contribution in [0.15, 0.2) is 24.3 Å². The van der Waals surface area contributed by atoms with Crippen molar-refractivity contribution in [1.29, 1.82) is 0 Å². The Bertz CT molecular complexity index is 415. The number of nitrogens with zero attached hydrogens (tertiary/aromatic N) is 1. The summed E-state index contributed by atoms with van der Waals surface area (Å²) in [6.45, 7) is 7.02. The highest BCUT2D eigenvalue weighted by atomic mass is 35.5. The summed E-state index contributed by atoms with van der Waals surface area (Å²) in [6, 6.07) is 9.22. The largest absolute Gasteiger partial charge is 0.313 e. The van der Waals surface area contributed by atoms with Crippen LogP contribution in [-0.4, -0.2) is 31.1 Å². The molecule has 1 N–H and O–H groups in total. The van der Waals surface area contributed by atoms with Gasteiger partial charge in [0.05, 0.1) is 0 Å². The third kappa shape index (κ3) is 4.76. The van der Waals surface area contributed by atoms with Crippen LogP contribution in [-0.2, 0) is 0 Å². The number of hydrogen-bond acceptors (Lipinski definition) is 2. The van der Waals surface area contributed by atoms with E-state index in [9.17, 15) is 0 Å². The molecule has 1 aromatic carbocycles. The third-order valence-electron chi connectivity index (χ3n) is 4.22. The van der Waals surface area contributed by atoms with Gasteiger partial charge < -0.3 is 10.2 Å². The molecule has 1 aliphatic carbocycles. The smallest absolute Gasteiger partial charge is 0.0409 e. The molecule has 112 valence electrons. The lowest BCUT2D eigenvalue weighted by Crippen LogP contribution is -2.35. The lowest BCUT2D eigenvalue weighted by atomic mass is 10.0. The summed E-state index contributed by atoms with van der Waals surface area (Å²) in [5.74, 6) is 0.955. The van der Waals surface area contributed by atoms with Gasteiger partial charge in [-0.1, -0.05) is 23.7 Å². The van der Waals surface area contributed by atoms with Crippen LogP contribution in [0.2, 0.25) is 5.02 Å². The van der Waals surface area contributed by atoms with Crippen LogP contribution >= 0.6 is 11.6 Å². The lowest BCUT2D eigenvalue weighted by Gasteiger charge is -2.28. The van der Waals surface area contributed by atoms with E-state index in [1.165, 1.54) is 24.9 Å². The number of hydrogen-bond donors (Lipinski definition) is 1. The minimum atomic E-state index is 0.383. The predicted octanol–water partition coefficient (Wildman–Crippen LogP) is 4.11. The Morgan fingerprint density at radius 1 is 1.35 bits per heavy atom. The first-order valence-electron chi connectivity index (χ1n) is 7.77. The average molecular weight is 295 g/mol. The summed E-state index contributed by atoms with van der Waals surface area (Å²) < 4.78 is 0. The zero-order chi connectivity index (χ0) is 14.5. The van der Waals surface area contributed by atoms with E-state index in [1.807, 2.05) is 19.2 Å². The first-order chi connectivity index (χ1) is 9.60. The molecule has 1 atom stereocenters. The van der Waals surface area contributed by atoms with Gasteiger partial charge in [-0.3, -0.25) is 0 Å². The van der Waals surface area contributed by atoms with Gasteiger partial charge in [-0.15, -0.1) is 0 Å².